The monoisotopic (exact) mass is 167 g/mol. The summed E-state index contributed by atoms with van der Waals surface area (Å²) in [5.41, 5.74) is 2.95. The quantitative estimate of drug-likeness (QED) is 0.534. The van der Waals surface area contributed by atoms with Gasteiger partial charge in [-0.25, -0.2) is 0 Å². The molecule has 68 valence electrons. The minimum absolute atomic E-state index is 0.688. The number of rotatable bonds is 2. The fourth-order valence-corrected chi connectivity index (χ4v) is 1.64. The van der Waals surface area contributed by atoms with Gasteiger partial charge in [0, 0.05) is 31.9 Å². The first-order chi connectivity index (χ1) is 5.86. The SMILES string of the molecule is CC1=C(NC2CNC2)CCNC1. The van der Waals surface area contributed by atoms with Crippen molar-refractivity contribution in [1.29, 1.82) is 0 Å². The molecule has 0 aromatic heterocycles. The molecule has 3 nitrogen and oxygen atoms in total. The molecule has 1 fully saturated rings. The van der Waals surface area contributed by atoms with Crippen molar-refractivity contribution < 1.29 is 0 Å². The third-order valence-electron chi connectivity index (χ3n) is 2.62. The van der Waals surface area contributed by atoms with Crippen LogP contribution in [0.15, 0.2) is 11.3 Å². The molecule has 2 rings (SSSR count). The average molecular weight is 167 g/mol. The van der Waals surface area contributed by atoms with Crippen molar-refractivity contribution in [3.8, 4) is 0 Å². The highest BCUT2D eigenvalue weighted by Gasteiger charge is 2.18. The Morgan fingerprint density at radius 1 is 1.33 bits per heavy atom. The van der Waals surface area contributed by atoms with Gasteiger partial charge in [-0.05, 0) is 18.9 Å². The second-order valence-electron chi connectivity index (χ2n) is 3.69. The van der Waals surface area contributed by atoms with Crippen LogP contribution in [0.5, 0.6) is 0 Å². The zero-order valence-corrected chi connectivity index (χ0v) is 7.61. The van der Waals surface area contributed by atoms with Crippen molar-refractivity contribution in [2.75, 3.05) is 26.2 Å². The zero-order chi connectivity index (χ0) is 8.39. The molecular formula is C9H17N3. The van der Waals surface area contributed by atoms with Crippen LogP contribution in [0.3, 0.4) is 0 Å². The van der Waals surface area contributed by atoms with Gasteiger partial charge in [-0.3, -0.25) is 0 Å². The standard InChI is InChI=1S/C9H17N3/c1-7-4-10-3-2-9(7)12-8-5-11-6-8/h8,10-12H,2-6H2,1H3. The molecular weight excluding hydrogens is 150 g/mol. The smallest absolute Gasteiger partial charge is 0.0507 e. The van der Waals surface area contributed by atoms with E-state index in [0.717, 1.165) is 26.2 Å². The highest BCUT2D eigenvalue weighted by molar-refractivity contribution is 5.16. The first-order valence-corrected chi connectivity index (χ1v) is 4.73. The first kappa shape index (κ1) is 8.08. The molecule has 1 saturated heterocycles. The van der Waals surface area contributed by atoms with Crippen LogP contribution in [0.2, 0.25) is 0 Å². The molecule has 2 heterocycles. The van der Waals surface area contributed by atoms with E-state index in [2.05, 4.69) is 22.9 Å². The third-order valence-corrected chi connectivity index (χ3v) is 2.62. The minimum Gasteiger partial charge on any atom is -0.383 e. The molecule has 0 aromatic carbocycles. The topological polar surface area (TPSA) is 36.1 Å². The maximum atomic E-state index is 3.58. The van der Waals surface area contributed by atoms with Gasteiger partial charge in [0.15, 0.2) is 0 Å². The van der Waals surface area contributed by atoms with Gasteiger partial charge in [-0.2, -0.15) is 0 Å². The van der Waals surface area contributed by atoms with E-state index in [1.54, 1.807) is 0 Å². The average Bonchev–Trinajstić information content (AvgIpc) is 2.00. The Hall–Kier alpha value is -0.540. The van der Waals surface area contributed by atoms with Crippen LogP contribution in [0.1, 0.15) is 13.3 Å². The molecule has 0 spiro atoms. The Labute approximate surface area is 73.6 Å². The van der Waals surface area contributed by atoms with Gasteiger partial charge in [0.2, 0.25) is 0 Å². The molecule has 2 aliphatic heterocycles. The van der Waals surface area contributed by atoms with Crippen LogP contribution in [-0.2, 0) is 0 Å². The second-order valence-corrected chi connectivity index (χ2v) is 3.69. The summed E-state index contributed by atoms with van der Waals surface area (Å²) in [5, 5.41) is 10.2. The summed E-state index contributed by atoms with van der Waals surface area (Å²) in [4.78, 5) is 0. The van der Waals surface area contributed by atoms with E-state index in [-0.39, 0.29) is 0 Å². The lowest BCUT2D eigenvalue weighted by atomic mass is 10.1. The van der Waals surface area contributed by atoms with E-state index in [9.17, 15) is 0 Å². The maximum Gasteiger partial charge on any atom is 0.0507 e. The van der Waals surface area contributed by atoms with Gasteiger partial charge in [0.25, 0.3) is 0 Å². The van der Waals surface area contributed by atoms with Crippen LogP contribution >= 0.6 is 0 Å². The molecule has 0 aromatic rings. The summed E-state index contributed by atoms with van der Waals surface area (Å²) in [6, 6.07) is 0.688. The van der Waals surface area contributed by atoms with Crippen molar-refractivity contribution in [2.45, 2.75) is 19.4 Å². The Morgan fingerprint density at radius 2 is 2.17 bits per heavy atom. The molecule has 12 heavy (non-hydrogen) atoms. The lowest BCUT2D eigenvalue weighted by Crippen LogP contribution is -2.55. The zero-order valence-electron chi connectivity index (χ0n) is 7.61. The lowest BCUT2D eigenvalue weighted by Gasteiger charge is -2.32. The van der Waals surface area contributed by atoms with Gasteiger partial charge < -0.3 is 16.0 Å². The van der Waals surface area contributed by atoms with Crippen molar-refractivity contribution in [2.24, 2.45) is 0 Å². The predicted octanol–water partition coefficient (Wildman–Crippen LogP) is -0.185. The van der Waals surface area contributed by atoms with E-state index >= 15 is 0 Å². The predicted molar refractivity (Wildman–Crippen MR) is 50.0 cm³/mol. The molecule has 0 aliphatic carbocycles. The molecule has 0 amide bonds. The van der Waals surface area contributed by atoms with E-state index in [1.165, 1.54) is 17.7 Å². The Balaban J connectivity index is 1.91. The highest BCUT2D eigenvalue weighted by Crippen LogP contribution is 2.10. The van der Waals surface area contributed by atoms with Gasteiger partial charge in [-0.15, -0.1) is 0 Å². The largest absolute Gasteiger partial charge is 0.383 e. The third kappa shape index (κ3) is 1.62. The number of hydrogen-bond acceptors (Lipinski definition) is 3. The van der Waals surface area contributed by atoms with Gasteiger partial charge in [-0.1, -0.05) is 0 Å². The number of hydrogen-bond donors (Lipinski definition) is 3. The van der Waals surface area contributed by atoms with Crippen molar-refractivity contribution in [3.05, 3.63) is 11.3 Å². The maximum absolute atomic E-state index is 3.58. The molecule has 0 saturated carbocycles. The second kappa shape index (κ2) is 3.46. The van der Waals surface area contributed by atoms with Crippen LogP contribution in [0.4, 0.5) is 0 Å². The molecule has 0 unspecified atom stereocenters. The van der Waals surface area contributed by atoms with Gasteiger partial charge >= 0.3 is 0 Å². The summed E-state index contributed by atoms with van der Waals surface area (Å²) in [7, 11) is 0. The normalized spacial score (nSPS) is 25.4. The molecule has 3 heteroatoms. The molecule has 0 atom stereocenters. The summed E-state index contributed by atoms with van der Waals surface area (Å²) < 4.78 is 0. The number of nitrogens with one attached hydrogen (secondary N) is 3. The van der Waals surface area contributed by atoms with E-state index in [0.29, 0.717) is 6.04 Å². The summed E-state index contributed by atoms with van der Waals surface area (Å²) >= 11 is 0. The van der Waals surface area contributed by atoms with Crippen LogP contribution in [-0.4, -0.2) is 32.2 Å². The Morgan fingerprint density at radius 3 is 2.75 bits per heavy atom. The molecule has 0 bridgehead atoms. The summed E-state index contributed by atoms with van der Waals surface area (Å²) in [6.07, 6.45) is 1.17. The Bertz CT molecular complexity index is 194. The van der Waals surface area contributed by atoms with Gasteiger partial charge in [0.05, 0.1) is 6.04 Å². The molecule has 0 radical (unpaired) electrons. The Kier molecular flexibility index (Phi) is 2.33. The van der Waals surface area contributed by atoms with E-state index in [1.807, 2.05) is 0 Å². The molecule has 3 N–H and O–H groups in total. The lowest BCUT2D eigenvalue weighted by molar-refractivity contribution is 0.383. The highest BCUT2D eigenvalue weighted by atomic mass is 15.1. The minimum atomic E-state index is 0.688. The van der Waals surface area contributed by atoms with Crippen LogP contribution < -0.4 is 16.0 Å². The van der Waals surface area contributed by atoms with Gasteiger partial charge in [0.1, 0.15) is 0 Å². The summed E-state index contributed by atoms with van der Waals surface area (Å²) in [6.45, 7) is 6.65. The van der Waals surface area contributed by atoms with Crippen molar-refractivity contribution >= 4 is 0 Å². The summed E-state index contributed by atoms with van der Waals surface area (Å²) in [5.74, 6) is 0. The van der Waals surface area contributed by atoms with Crippen molar-refractivity contribution in [1.82, 2.24) is 16.0 Å². The fraction of sp³-hybridized carbons (Fsp3) is 0.778. The van der Waals surface area contributed by atoms with E-state index in [4.69, 9.17) is 0 Å². The van der Waals surface area contributed by atoms with Crippen LogP contribution in [0.25, 0.3) is 0 Å². The van der Waals surface area contributed by atoms with Crippen LogP contribution in [0, 0.1) is 0 Å². The molecule has 2 aliphatic rings. The fourth-order valence-electron chi connectivity index (χ4n) is 1.64. The van der Waals surface area contributed by atoms with E-state index < -0.39 is 0 Å². The van der Waals surface area contributed by atoms with Crippen molar-refractivity contribution in [3.63, 3.8) is 0 Å². The first-order valence-electron chi connectivity index (χ1n) is 4.73.